The van der Waals surface area contributed by atoms with Gasteiger partial charge >= 0.3 is 0 Å². The molecule has 2 aromatic heterocycles. The second kappa shape index (κ2) is 4.43. The molecule has 0 saturated carbocycles. The minimum atomic E-state index is -0.131. The topological polar surface area (TPSA) is 56.2 Å². The van der Waals surface area contributed by atoms with E-state index in [4.69, 9.17) is 5.73 Å². The average molecular weight is 272 g/mol. The SMILES string of the molecule is Cc1ccc(C)c(-c2csc3nnc(C(C)N)n23)c1. The molecule has 0 saturated heterocycles. The lowest BCUT2D eigenvalue weighted by molar-refractivity contribution is 0.729. The monoisotopic (exact) mass is 272 g/mol. The second-order valence-corrected chi connectivity index (χ2v) is 5.74. The van der Waals surface area contributed by atoms with Crippen molar-refractivity contribution in [1.82, 2.24) is 14.6 Å². The zero-order valence-corrected chi connectivity index (χ0v) is 12.0. The van der Waals surface area contributed by atoms with E-state index in [1.54, 1.807) is 11.3 Å². The van der Waals surface area contributed by atoms with Crippen LogP contribution >= 0.6 is 11.3 Å². The first-order valence-corrected chi connectivity index (χ1v) is 7.11. The normalized spacial score (nSPS) is 13.1. The third-order valence-corrected chi connectivity index (χ3v) is 4.07. The van der Waals surface area contributed by atoms with Crippen LogP contribution in [0.3, 0.4) is 0 Å². The fraction of sp³-hybridized carbons (Fsp3) is 0.286. The van der Waals surface area contributed by atoms with E-state index in [1.807, 2.05) is 6.92 Å². The molecule has 0 bridgehead atoms. The summed E-state index contributed by atoms with van der Waals surface area (Å²) in [6.07, 6.45) is 0. The largest absolute Gasteiger partial charge is 0.322 e. The number of aromatic nitrogens is 3. The first-order valence-electron chi connectivity index (χ1n) is 6.23. The van der Waals surface area contributed by atoms with Crippen molar-refractivity contribution in [3.8, 4) is 11.3 Å². The number of benzene rings is 1. The Labute approximate surface area is 115 Å². The molecular weight excluding hydrogens is 256 g/mol. The summed E-state index contributed by atoms with van der Waals surface area (Å²) in [6, 6.07) is 6.33. The van der Waals surface area contributed by atoms with Gasteiger partial charge in [0.2, 0.25) is 4.96 Å². The van der Waals surface area contributed by atoms with Gasteiger partial charge in [0.15, 0.2) is 5.82 Å². The van der Waals surface area contributed by atoms with Gasteiger partial charge in [0.25, 0.3) is 0 Å². The predicted octanol–water partition coefficient (Wildman–Crippen LogP) is 3.09. The van der Waals surface area contributed by atoms with Gasteiger partial charge in [0, 0.05) is 10.9 Å². The molecule has 1 unspecified atom stereocenters. The van der Waals surface area contributed by atoms with E-state index in [-0.39, 0.29) is 6.04 Å². The first-order chi connectivity index (χ1) is 9.08. The van der Waals surface area contributed by atoms with Crippen molar-refractivity contribution < 1.29 is 0 Å². The van der Waals surface area contributed by atoms with Crippen LogP contribution < -0.4 is 5.73 Å². The fourth-order valence-electron chi connectivity index (χ4n) is 2.24. The highest BCUT2D eigenvalue weighted by Gasteiger charge is 2.16. The lowest BCUT2D eigenvalue weighted by Crippen LogP contribution is -2.10. The lowest BCUT2D eigenvalue weighted by atomic mass is 10.0. The van der Waals surface area contributed by atoms with Crippen LogP contribution in [0.4, 0.5) is 0 Å². The third-order valence-electron chi connectivity index (χ3n) is 3.25. The van der Waals surface area contributed by atoms with Crippen LogP contribution in [0.25, 0.3) is 16.2 Å². The van der Waals surface area contributed by atoms with E-state index in [9.17, 15) is 0 Å². The number of nitrogens with two attached hydrogens (primary N) is 1. The molecular formula is C14H16N4S. The highest BCUT2D eigenvalue weighted by atomic mass is 32.1. The van der Waals surface area contributed by atoms with Gasteiger partial charge in [-0.2, -0.15) is 0 Å². The number of thiazole rings is 1. The Bertz CT molecular complexity index is 739. The smallest absolute Gasteiger partial charge is 0.216 e. The molecule has 1 aromatic carbocycles. The van der Waals surface area contributed by atoms with E-state index in [0.29, 0.717) is 0 Å². The molecule has 0 aliphatic carbocycles. The maximum absolute atomic E-state index is 5.98. The van der Waals surface area contributed by atoms with E-state index in [0.717, 1.165) is 16.5 Å². The summed E-state index contributed by atoms with van der Waals surface area (Å²) in [5.41, 5.74) is 10.8. The molecule has 3 rings (SSSR count). The Hall–Kier alpha value is -1.72. The summed E-state index contributed by atoms with van der Waals surface area (Å²) >= 11 is 1.60. The van der Waals surface area contributed by atoms with E-state index in [2.05, 4.69) is 52.0 Å². The molecule has 2 heterocycles. The van der Waals surface area contributed by atoms with Gasteiger partial charge in [-0.25, -0.2) is 0 Å². The molecule has 0 spiro atoms. The van der Waals surface area contributed by atoms with Crippen LogP contribution in [0.1, 0.15) is 29.9 Å². The molecule has 19 heavy (non-hydrogen) atoms. The summed E-state index contributed by atoms with van der Waals surface area (Å²) < 4.78 is 2.07. The van der Waals surface area contributed by atoms with Crippen molar-refractivity contribution in [2.45, 2.75) is 26.8 Å². The number of fused-ring (bicyclic) bond motifs is 1. The first kappa shape index (κ1) is 12.3. The standard InChI is InChI=1S/C14H16N4S/c1-8-4-5-9(2)11(6-8)12-7-19-14-17-16-13(10(3)15)18(12)14/h4-7,10H,15H2,1-3H3. The quantitative estimate of drug-likeness (QED) is 0.780. The van der Waals surface area contributed by atoms with Crippen LogP contribution in [-0.4, -0.2) is 14.6 Å². The van der Waals surface area contributed by atoms with Crippen LogP contribution in [0, 0.1) is 13.8 Å². The van der Waals surface area contributed by atoms with Crippen molar-refractivity contribution >= 4 is 16.3 Å². The maximum Gasteiger partial charge on any atom is 0.216 e. The number of hydrogen-bond donors (Lipinski definition) is 1. The molecule has 0 aliphatic rings. The van der Waals surface area contributed by atoms with Gasteiger partial charge in [-0.05, 0) is 32.4 Å². The summed E-state index contributed by atoms with van der Waals surface area (Å²) in [5.74, 6) is 0.812. The minimum Gasteiger partial charge on any atom is -0.322 e. The number of nitrogens with zero attached hydrogens (tertiary/aromatic N) is 3. The molecule has 3 aromatic rings. The molecule has 98 valence electrons. The number of aryl methyl sites for hydroxylation is 2. The van der Waals surface area contributed by atoms with Gasteiger partial charge in [0.05, 0.1) is 11.7 Å². The summed E-state index contributed by atoms with van der Waals surface area (Å²) in [7, 11) is 0. The van der Waals surface area contributed by atoms with Crippen molar-refractivity contribution in [2.75, 3.05) is 0 Å². The van der Waals surface area contributed by atoms with Crippen LogP contribution in [0.5, 0.6) is 0 Å². The van der Waals surface area contributed by atoms with Crippen LogP contribution in [0.15, 0.2) is 23.6 Å². The molecule has 5 heteroatoms. The van der Waals surface area contributed by atoms with E-state index >= 15 is 0 Å². The Balaban J connectivity index is 2.30. The second-order valence-electron chi connectivity index (χ2n) is 4.90. The molecule has 4 nitrogen and oxygen atoms in total. The van der Waals surface area contributed by atoms with E-state index in [1.165, 1.54) is 16.7 Å². The van der Waals surface area contributed by atoms with Gasteiger partial charge in [-0.15, -0.1) is 21.5 Å². The number of hydrogen-bond acceptors (Lipinski definition) is 4. The average Bonchev–Trinajstić information content (AvgIpc) is 2.93. The highest BCUT2D eigenvalue weighted by molar-refractivity contribution is 7.15. The van der Waals surface area contributed by atoms with Crippen LogP contribution in [0.2, 0.25) is 0 Å². The summed E-state index contributed by atoms with van der Waals surface area (Å²) in [6.45, 7) is 6.15. The Kier molecular flexibility index (Phi) is 2.88. The zero-order chi connectivity index (χ0) is 13.6. The molecule has 0 fully saturated rings. The Morgan fingerprint density at radius 1 is 1.26 bits per heavy atom. The van der Waals surface area contributed by atoms with Crippen molar-refractivity contribution in [1.29, 1.82) is 0 Å². The molecule has 0 radical (unpaired) electrons. The molecule has 0 aliphatic heterocycles. The molecule has 1 atom stereocenters. The third kappa shape index (κ3) is 1.95. The minimum absolute atomic E-state index is 0.131. The number of rotatable bonds is 2. The molecule has 0 amide bonds. The lowest BCUT2D eigenvalue weighted by Gasteiger charge is -2.08. The Morgan fingerprint density at radius 3 is 2.79 bits per heavy atom. The summed E-state index contributed by atoms with van der Waals surface area (Å²) in [5, 5.41) is 10.5. The maximum atomic E-state index is 5.98. The van der Waals surface area contributed by atoms with Crippen LogP contribution in [-0.2, 0) is 0 Å². The highest BCUT2D eigenvalue weighted by Crippen LogP contribution is 2.30. The fourth-order valence-corrected chi connectivity index (χ4v) is 3.07. The summed E-state index contributed by atoms with van der Waals surface area (Å²) in [4.78, 5) is 0.892. The Morgan fingerprint density at radius 2 is 2.05 bits per heavy atom. The van der Waals surface area contributed by atoms with Gasteiger partial charge in [-0.3, -0.25) is 4.40 Å². The van der Waals surface area contributed by atoms with Gasteiger partial charge < -0.3 is 5.73 Å². The zero-order valence-electron chi connectivity index (χ0n) is 11.2. The van der Waals surface area contributed by atoms with Crippen molar-refractivity contribution in [3.05, 3.63) is 40.5 Å². The van der Waals surface area contributed by atoms with Crippen molar-refractivity contribution in [3.63, 3.8) is 0 Å². The predicted molar refractivity (Wildman–Crippen MR) is 78.4 cm³/mol. The van der Waals surface area contributed by atoms with Crippen molar-refractivity contribution in [2.24, 2.45) is 5.73 Å². The molecule has 2 N–H and O–H groups in total. The van der Waals surface area contributed by atoms with E-state index < -0.39 is 0 Å². The van der Waals surface area contributed by atoms with Gasteiger partial charge in [0.1, 0.15) is 0 Å². The van der Waals surface area contributed by atoms with Gasteiger partial charge in [-0.1, -0.05) is 17.7 Å².